The summed E-state index contributed by atoms with van der Waals surface area (Å²) in [5, 5.41) is 9.46. The number of pyridine rings is 1. The van der Waals surface area contributed by atoms with Crippen molar-refractivity contribution in [1.82, 2.24) is 19.4 Å². The van der Waals surface area contributed by atoms with E-state index in [1.807, 2.05) is 0 Å². The van der Waals surface area contributed by atoms with Crippen molar-refractivity contribution in [3.63, 3.8) is 0 Å². The first-order valence-corrected chi connectivity index (χ1v) is 13.4. The van der Waals surface area contributed by atoms with Crippen molar-refractivity contribution in [3.8, 4) is 6.07 Å². The molecule has 7 heteroatoms. The minimum Gasteiger partial charge on any atom is -0.349 e. The number of anilines is 1. The summed E-state index contributed by atoms with van der Waals surface area (Å²) in [4.78, 5) is 26.8. The molecule has 0 amide bonds. The average Bonchev–Trinajstić information content (AvgIpc) is 3.76. The van der Waals surface area contributed by atoms with Gasteiger partial charge >= 0.3 is 5.69 Å². The number of benzene rings is 1. The predicted octanol–water partition coefficient (Wildman–Crippen LogP) is 4.91. The number of aromatic nitrogens is 3. The summed E-state index contributed by atoms with van der Waals surface area (Å²) in [5.41, 5.74) is 4.24. The zero-order valence-corrected chi connectivity index (χ0v) is 21.8. The number of aryl methyl sites for hydroxylation is 1. The second-order valence-electron chi connectivity index (χ2n) is 10.3. The number of rotatable bonds is 7. The Morgan fingerprint density at radius 1 is 1.00 bits per heavy atom. The van der Waals surface area contributed by atoms with Crippen molar-refractivity contribution in [2.75, 3.05) is 18.0 Å². The van der Waals surface area contributed by atoms with Gasteiger partial charge in [-0.2, -0.15) is 10.2 Å². The van der Waals surface area contributed by atoms with Crippen LogP contribution in [0.15, 0.2) is 41.2 Å². The van der Waals surface area contributed by atoms with Crippen LogP contribution in [0, 0.1) is 11.3 Å². The molecule has 1 aliphatic carbocycles. The molecule has 3 heterocycles. The van der Waals surface area contributed by atoms with E-state index in [4.69, 9.17) is 0 Å². The van der Waals surface area contributed by atoms with Crippen molar-refractivity contribution >= 4 is 16.9 Å². The highest BCUT2D eigenvalue weighted by atomic mass is 16.1. The second kappa shape index (κ2) is 10.0. The molecule has 0 spiro atoms. The quantitative estimate of drug-likeness (QED) is 0.474. The van der Waals surface area contributed by atoms with Crippen LogP contribution in [0.25, 0.3) is 11.0 Å². The van der Waals surface area contributed by atoms with Crippen molar-refractivity contribution in [3.05, 3.63) is 63.7 Å². The highest BCUT2D eigenvalue weighted by molar-refractivity contribution is 5.86. The van der Waals surface area contributed by atoms with Crippen molar-refractivity contribution in [2.24, 2.45) is 7.05 Å². The monoisotopic (exact) mass is 484 g/mol. The summed E-state index contributed by atoms with van der Waals surface area (Å²) in [6.45, 7) is 8.40. The molecule has 0 radical (unpaired) electrons. The number of piperazine rings is 1. The molecule has 3 aromatic rings. The fraction of sp³-hybridized carbons (Fsp3) is 0.517. The predicted molar refractivity (Wildman–Crippen MR) is 143 cm³/mol. The van der Waals surface area contributed by atoms with Crippen molar-refractivity contribution in [2.45, 2.75) is 76.9 Å². The van der Waals surface area contributed by atoms with Gasteiger partial charge in [-0.3, -0.25) is 9.47 Å². The molecule has 7 nitrogen and oxygen atoms in total. The second-order valence-corrected chi connectivity index (χ2v) is 10.3. The fourth-order valence-corrected chi connectivity index (χ4v) is 5.87. The standard InChI is InChI=1S/C29H36N6O/c1-5-23-18-35(28-27-26(33(4)29(36)32-28)15-14-22(16-30)31-27)24(6-2)17-34(23)25(7-3)21-12-10-20(11-13-21)19-8-9-19/h10-15,19,23-25H,5-9,17-18H2,1-4H3/t23-,24+,25?/m1/s1. The number of fused-ring (bicyclic) bond motifs is 1. The van der Waals surface area contributed by atoms with E-state index in [1.165, 1.54) is 28.5 Å². The van der Waals surface area contributed by atoms with Gasteiger partial charge in [0.2, 0.25) is 0 Å². The molecule has 1 unspecified atom stereocenters. The van der Waals surface area contributed by atoms with Gasteiger partial charge < -0.3 is 4.90 Å². The molecule has 2 fully saturated rings. The zero-order valence-electron chi connectivity index (χ0n) is 21.8. The Bertz CT molecular complexity index is 1340. The minimum absolute atomic E-state index is 0.197. The van der Waals surface area contributed by atoms with E-state index >= 15 is 0 Å². The van der Waals surface area contributed by atoms with E-state index in [9.17, 15) is 10.1 Å². The third kappa shape index (κ3) is 4.39. The lowest BCUT2D eigenvalue weighted by atomic mass is 9.94. The van der Waals surface area contributed by atoms with E-state index < -0.39 is 0 Å². The number of hydrogen-bond donors (Lipinski definition) is 0. The maximum Gasteiger partial charge on any atom is 0.349 e. The van der Waals surface area contributed by atoms with Crippen LogP contribution >= 0.6 is 0 Å². The van der Waals surface area contributed by atoms with Gasteiger partial charge in [0.05, 0.1) is 5.52 Å². The molecule has 1 aliphatic heterocycles. The topological polar surface area (TPSA) is 78.0 Å². The van der Waals surface area contributed by atoms with E-state index in [0.29, 0.717) is 34.6 Å². The number of nitrogens with zero attached hydrogens (tertiary/aromatic N) is 6. The maximum absolute atomic E-state index is 12.8. The lowest BCUT2D eigenvalue weighted by Crippen LogP contribution is -2.59. The summed E-state index contributed by atoms with van der Waals surface area (Å²) < 4.78 is 1.51. The normalized spacial score (nSPS) is 21.5. The van der Waals surface area contributed by atoms with Crippen LogP contribution in [0.4, 0.5) is 5.82 Å². The lowest BCUT2D eigenvalue weighted by molar-refractivity contribution is 0.0895. The van der Waals surface area contributed by atoms with Gasteiger partial charge in [-0.15, -0.1) is 0 Å². The van der Waals surface area contributed by atoms with Crippen LogP contribution in [0.5, 0.6) is 0 Å². The molecule has 36 heavy (non-hydrogen) atoms. The van der Waals surface area contributed by atoms with E-state index in [2.05, 4.69) is 70.9 Å². The number of hydrogen-bond acceptors (Lipinski definition) is 6. The number of nitriles is 1. The Morgan fingerprint density at radius 2 is 1.72 bits per heavy atom. The highest BCUT2D eigenvalue weighted by Gasteiger charge is 2.37. The van der Waals surface area contributed by atoms with Gasteiger partial charge in [0.25, 0.3) is 0 Å². The fourth-order valence-electron chi connectivity index (χ4n) is 5.87. The summed E-state index contributed by atoms with van der Waals surface area (Å²) in [7, 11) is 1.71. The molecule has 2 aromatic heterocycles. The van der Waals surface area contributed by atoms with Crippen LogP contribution in [0.3, 0.4) is 0 Å². The summed E-state index contributed by atoms with van der Waals surface area (Å²) >= 11 is 0. The summed E-state index contributed by atoms with van der Waals surface area (Å²) in [5.74, 6) is 1.38. The van der Waals surface area contributed by atoms with Crippen LogP contribution in [-0.4, -0.2) is 44.6 Å². The van der Waals surface area contributed by atoms with Gasteiger partial charge in [0.1, 0.15) is 17.3 Å². The zero-order chi connectivity index (χ0) is 25.4. The van der Waals surface area contributed by atoms with Crippen molar-refractivity contribution in [1.29, 1.82) is 5.26 Å². The smallest absolute Gasteiger partial charge is 0.349 e. The molecule has 5 rings (SSSR count). The Morgan fingerprint density at radius 3 is 2.33 bits per heavy atom. The molecule has 0 N–H and O–H groups in total. The molecule has 3 atom stereocenters. The van der Waals surface area contributed by atoms with Crippen LogP contribution in [-0.2, 0) is 7.05 Å². The largest absolute Gasteiger partial charge is 0.349 e. The van der Waals surface area contributed by atoms with Gasteiger partial charge in [0, 0.05) is 38.3 Å². The molecule has 1 saturated carbocycles. The maximum atomic E-state index is 12.8. The Kier molecular flexibility index (Phi) is 6.81. The third-order valence-electron chi connectivity index (χ3n) is 8.16. The Balaban J connectivity index is 1.51. The molecular formula is C29H36N6O. The Labute approximate surface area is 213 Å². The van der Waals surface area contributed by atoms with E-state index in [-0.39, 0.29) is 11.7 Å². The first kappa shape index (κ1) is 24.5. The Hall–Kier alpha value is -3.24. The molecular weight excluding hydrogens is 448 g/mol. The van der Waals surface area contributed by atoms with Gasteiger partial charge in [0.15, 0.2) is 5.82 Å². The van der Waals surface area contributed by atoms with E-state index in [0.717, 1.165) is 38.3 Å². The van der Waals surface area contributed by atoms with Crippen LogP contribution < -0.4 is 10.6 Å². The van der Waals surface area contributed by atoms with Crippen molar-refractivity contribution < 1.29 is 0 Å². The summed E-state index contributed by atoms with van der Waals surface area (Å²) in [6.07, 6.45) is 5.63. The van der Waals surface area contributed by atoms with Gasteiger partial charge in [-0.1, -0.05) is 45.0 Å². The SMILES string of the molecule is CCC(c1ccc(C2CC2)cc1)N1C[C@H](CC)N(c2nc(=O)n(C)c3ccc(C#N)nc23)C[C@H]1CC. The van der Waals surface area contributed by atoms with Crippen LogP contribution in [0.1, 0.15) is 81.7 Å². The first-order valence-electron chi connectivity index (χ1n) is 13.4. The third-order valence-corrected chi connectivity index (χ3v) is 8.16. The molecule has 2 aliphatic rings. The molecule has 0 bridgehead atoms. The average molecular weight is 485 g/mol. The van der Waals surface area contributed by atoms with Crippen LogP contribution in [0.2, 0.25) is 0 Å². The molecule has 1 aromatic carbocycles. The van der Waals surface area contributed by atoms with Gasteiger partial charge in [-0.25, -0.2) is 9.78 Å². The summed E-state index contributed by atoms with van der Waals surface area (Å²) in [6, 6.07) is 15.8. The first-order chi connectivity index (χ1) is 17.5. The molecule has 188 valence electrons. The minimum atomic E-state index is -0.295. The lowest BCUT2D eigenvalue weighted by Gasteiger charge is -2.49. The van der Waals surface area contributed by atoms with Gasteiger partial charge in [-0.05, 0) is 61.3 Å². The highest BCUT2D eigenvalue weighted by Crippen LogP contribution is 2.41. The molecule has 1 saturated heterocycles. The van der Waals surface area contributed by atoms with E-state index in [1.54, 1.807) is 19.2 Å².